The number of aliphatic hydroxyl groups is 1. The normalized spacial score (nSPS) is 11.3. The summed E-state index contributed by atoms with van der Waals surface area (Å²) < 4.78 is 15.2. The lowest BCUT2D eigenvalue weighted by Gasteiger charge is -2.03. The summed E-state index contributed by atoms with van der Waals surface area (Å²) in [5, 5.41) is 9.21. The second-order valence-corrected chi connectivity index (χ2v) is 7.14. The van der Waals surface area contributed by atoms with Crippen molar-refractivity contribution in [2.75, 3.05) is 39.4 Å². The maximum absolute atomic E-state index is 8.50. The number of ether oxygens (including phenoxy) is 3. The number of aliphatic hydroxyl groups excluding tert-OH is 1. The minimum Gasteiger partial charge on any atom is -0.496 e. The lowest BCUT2D eigenvalue weighted by Crippen LogP contribution is -1.87. The standard InChI is InChI=1S/C11H11BrO.C11H12O2.C4H8O/c2*1-9-8-10(4-3-7-12)5-6-11(9)13-2;1-2-4-5-3-1/h5-6,8H,7H2,1-2H3;5-6,8,12H,7H2,1-2H3;1-4H2. The molecule has 0 radical (unpaired) electrons. The molecule has 0 amide bonds. The average Bonchev–Trinajstić information content (AvgIpc) is 3.37. The van der Waals surface area contributed by atoms with Gasteiger partial charge in [-0.15, -0.1) is 0 Å². The van der Waals surface area contributed by atoms with Crippen LogP contribution in [0.15, 0.2) is 36.4 Å². The summed E-state index contributed by atoms with van der Waals surface area (Å²) in [5.41, 5.74) is 4.08. The van der Waals surface area contributed by atoms with Crippen LogP contribution in [0.3, 0.4) is 0 Å². The second kappa shape index (κ2) is 16.3. The van der Waals surface area contributed by atoms with Crippen molar-refractivity contribution in [2.45, 2.75) is 26.7 Å². The van der Waals surface area contributed by atoms with Crippen LogP contribution in [0.4, 0.5) is 0 Å². The van der Waals surface area contributed by atoms with Crippen molar-refractivity contribution >= 4 is 15.9 Å². The van der Waals surface area contributed by atoms with E-state index < -0.39 is 0 Å². The zero-order valence-electron chi connectivity index (χ0n) is 18.8. The number of hydrogen-bond donors (Lipinski definition) is 1. The summed E-state index contributed by atoms with van der Waals surface area (Å²) in [6, 6.07) is 11.6. The van der Waals surface area contributed by atoms with Gasteiger partial charge in [-0.2, -0.15) is 0 Å². The Bertz CT molecular complexity index is 833. The lowest BCUT2D eigenvalue weighted by atomic mass is 10.1. The topological polar surface area (TPSA) is 47.9 Å². The van der Waals surface area contributed by atoms with E-state index in [9.17, 15) is 0 Å². The van der Waals surface area contributed by atoms with Crippen LogP contribution in [-0.2, 0) is 4.74 Å². The first-order valence-electron chi connectivity index (χ1n) is 10.1. The van der Waals surface area contributed by atoms with E-state index in [0.717, 1.165) is 47.0 Å². The molecule has 0 unspecified atom stereocenters. The zero-order chi connectivity index (χ0) is 22.9. The van der Waals surface area contributed by atoms with Gasteiger partial charge in [0.2, 0.25) is 0 Å². The second-order valence-electron chi connectivity index (χ2n) is 6.58. The Morgan fingerprint density at radius 1 is 0.871 bits per heavy atom. The molecule has 3 rings (SSSR count). The fraction of sp³-hybridized carbons (Fsp3) is 0.385. The third-order valence-corrected chi connectivity index (χ3v) is 4.51. The number of alkyl halides is 1. The molecule has 2 aromatic rings. The van der Waals surface area contributed by atoms with Crippen LogP contribution < -0.4 is 9.47 Å². The Morgan fingerprint density at radius 2 is 1.35 bits per heavy atom. The molecule has 2 aromatic carbocycles. The number of hydrogen-bond acceptors (Lipinski definition) is 4. The van der Waals surface area contributed by atoms with Gasteiger partial charge < -0.3 is 19.3 Å². The predicted octanol–water partition coefficient (Wildman–Crippen LogP) is 4.89. The van der Waals surface area contributed by atoms with Gasteiger partial charge in [-0.05, 0) is 74.2 Å². The average molecular weight is 487 g/mol. The molecule has 31 heavy (non-hydrogen) atoms. The summed E-state index contributed by atoms with van der Waals surface area (Å²) in [6.45, 7) is 5.87. The molecule has 0 bridgehead atoms. The third kappa shape index (κ3) is 10.9. The van der Waals surface area contributed by atoms with E-state index in [1.54, 1.807) is 14.2 Å². The maximum atomic E-state index is 8.50. The molecule has 1 aliphatic rings. The molecule has 1 N–H and O–H groups in total. The molecule has 166 valence electrons. The fourth-order valence-corrected chi connectivity index (χ4v) is 2.84. The summed E-state index contributed by atoms with van der Waals surface area (Å²) in [5.74, 6) is 13.2. The first-order valence-corrected chi connectivity index (χ1v) is 11.2. The van der Waals surface area contributed by atoms with Crippen molar-refractivity contribution in [1.29, 1.82) is 0 Å². The van der Waals surface area contributed by atoms with Crippen molar-refractivity contribution in [1.82, 2.24) is 0 Å². The van der Waals surface area contributed by atoms with Gasteiger partial charge in [-0.1, -0.05) is 39.6 Å². The van der Waals surface area contributed by atoms with Crippen LogP contribution in [0, 0.1) is 37.5 Å². The minimum absolute atomic E-state index is 0.106. The Balaban J connectivity index is 0.000000254. The van der Waals surface area contributed by atoms with Crippen LogP contribution >= 0.6 is 15.9 Å². The molecule has 4 nitrogen and oxygen atoms in total. The number of methoxy groups -OCH3 is 2. The molecule has 0 atom stereocenters. The van der Waals surface area contributed by atoms with E-state index in [2.05, 4.69) is 39.6 Å². The Morgan fingerprint density at radius 3 is 1.68 bits per heavy atom. The number of benzene rings is 2. The Labute approximate surface area is 195 Å². The molecule has 1 aliphatic heterocycles. The highest BCUT2D eigenvalue weighted by atomic mass is 79.9. The fourth-order valence-electron chi connectivity index (χ4n) is 2.70. The van der Waals surface area contributed by atoms with Gasteiger partial charge in [-0.25, -0.2) is 0 Å². The molecule has 0 aromatic heterocycles. The van der Waals surface area contributed by atoms with Crippen LogP contribution in [0.2, 0.25) is 0 Å². The van der Waals surface area contributed by atoms with E-state index in [1.165, 1.54) is 12.8 Å². The van der Waals surface area contributed by atoms with E-state index in [0.29, 0.717) is 5.33 Å². The molecule has 0 saturated carbocycles. The molecule has 5 heteroatoms. The lowest BCUT2D eigenvalue weighted by molar-refractivity contribution is 0.198. The van der Waals surface area contributed by atoms with Crippen molar-refractivity contribution in [2.24, 2.45) is 0 Å². The molecule has 1 saturated heterocycles. The number of aryl methyl sites for hydroxylation is 2. The quantitative estimate of drug-likeness (QED) is 0.484. The van der Waals surface area contributed by atoms with Gasteiger partial charge in [0, 0.05) is 24.3 Å². The molecular weight excluding hydrogens is 456 g/mol. The monoisotopic (exact) mass is 486 g/mol. The minimum atomic E-state index is -0.106. The highest BCUT2D eigenvalue weighted by Gasteiger charge is 1.98. The molecular formula is C26H31BrO4. The third-order valence-electron chi connectivity index (χ3n) is 4.23. The summed E-state index contributed by atoms with van der Waals surface area (Å²) in [7, 11) is 3.31. The smallest absolute Gasteiger partial charge is 0.121 e. The summed E-state index contributed by atoms with van der Waals surface area (Å²) in [6.07, 6.45) is 2.56. The first kappa shape index (κ1) is 26.6. The van der Waals surface area contributed by atoms with Gasteiger partial charge in [0.15, 0.2) is 0 Å². The van der Waals surface area contributed by atoms with Crippen molar-refractivity contribution in [3.63, 3.8) is 0 Å². The van der Waals surface area contributed by atoms with Crippen molar-refractivity contribution < 1.29 is 19.3 Å². The van der Waals surface area contributed by atoms with Gasteiger partial charge in [0.25, 0.3) is 0 Å². The van der Waals surface area contributed by atoms with E-state index in [-0.39, 0.29) is 6.61 Å². The molecule has 0 spiro atoms. The maximum Gasteiger partial charge on any atom is 0.121 e. The Hall–Kier alpha value is -2.44. The summed E-state index contributed by atoms with van der Waals surface area (Å²) >= 11 is 3.26. The summed E-state index contributed by atoms with van der Waals surface area (Å²) in [4.78, 5) is 0. The highest BCUT2D eigenvalue weighted by Crippen LogP contribution is 2.18. The van der Waals surface area contributed by atoms with Crippen LogP contribution in [0.1, 0.15) is 35.1 Å². The number of rotatable bonds is 2. The molecule has 1 heterocycles. The molecule has 0 aliphatic carbocycles. The van der Waals surface area contributed by atoms with Gasteiger partial charge >= 0.3 is 0 Å². The largest absolute Gasteiger partial charge is 0.496 e. The number of halogens is 1. The predicted molar refractivity (Wildman–Crippen MR) is 130 cm³/mol. The van der Waals surface area contributed by atoms with Gasteiger partial charge in [-0.3, -0.25) is 0 Å². The van der Waals surface area contributed by atoms with E-state index in [4.69, 9.17) is 19.3 Å². The van der Waals surface area contributed by atoms with E-state index in [1.807, 2.05) is 50.2 Å². The van der Waals surface area contributed by atoms with Crippen LogP contribution in [-0.4, -0.2) is 44.5 Å². The van der Waals surface area contributed by atoms with Gasteiger partial charge in [0.05, 0.1) is 19.5 Å². The van der Waals surface area contributed by atoms with Crippen LogP contribution in [0.5, 0.6) is 11.5 Å². The zero-order valence-corrected chi connectivity index (χ0v) is 20.3. The van der Waals surface area contributed by atoms with Crippen molar-refractivity contribution in [3.8, 4) is 35.2 Å². The van der Waals surface area contributed by atoms with Gasteiger partial charge in [0.1, 0.15) is 18.1 Å². The SMILES string of the molecule is C1CCOC1.COc1ccc(C#CCBr)cc1C.COc1ccc(C#CCO)cc1C. The first-order chi connectivity index (χ1) is 15.0. The van der Waals surface area contributed by atoms with E-state index >= 15 is 0 Å². The Kier molecular flexibility index (Phi) is 14.0. The van der Waals surface area contributed by atoms with Crippen molar-refractivity contribution in [3.05, 3.63) is 58.7 Å². The molecule has 1 fully saturated rings. The van der Waals surface area contributed by atoms with Crippen LogP contribution in [0.25, 0.3) is 0 Å². The highest BCUT2D eigenvalue weighted by molar-refractivity contribution is 9.09.